The Morgan fingerprint density at radius 2 is 1.94 bits per heavy atom. The van der Waals surface area contributed by atoms with Gasteiger partial charge in [-0.3, -0.25) is 4.79 Å². The van der Waals surface area contributed by atoms with Crippen LogP contribution in [0, 0.1) is 6.07 Å². The maximum atomic E-state index is 10.9. The zero-order valence-corrected chi connectivity index (χ0v) is 10.9. The van der Waals surface area contributed by atoms with Gasteiger partial charge in [-0.1, -0.05) is 42.1 Å². The van der Waals surface area contributed by atoms with Crippen LogP contribution in [0.15, 0.2) is 48.5 Å². The third kappa shape index (κ3) is 3.93. The molecular formula is C15H13O2S. The minimum atomic E-state index is 0.109. The summed E-state index contributed by atoms with van der Waals surface area (Å²) < 4.78 is 5.68. The molecule has 91 valence electrons. The van der Waals surface area contributed by atoms with E-state index in [0.29, 0.717) is 11.5 Å². The first-order valence-electron chi connectivity index (χ1n) is 5.61. The van der Waals surface area contributed by atoms with Crippen LogP contribution in [0.25, 0.3) is 0 Å². The topological polar surface area (TPSA) is 26.3 Å². The minimum Gasteiger partial charge on any atom is -0.457 e. The number of thioether (sulfide) groups is 1. The van der Waals surface area contributed by atoms with Gasteiger partial charge < -0.3 is 4.74 Å². The summed E-state index contributed by atoms with van der Waals surface area (Å²) in [5, 5.41) is 0.109. The first-order chi connectivity index (χ1) is 8.74. The number of benzene rings is 2. The van der Waals surface area contributed by atoms with Gasteiger partial charge in [0.2, 0.25) is 0 Å². The van der Waals surface area contributed by atoms with Gasteiger partial charge in [0, 0.05) is 18.7 Å². The second kappa shape index (κ2) is 6.26. The van der Waals surface area contributed by atoms with Gasteiger partial charge in [0.05, 0.1) is 0 Å². The Kier molecular flexibility index (Phi) is 4.42. The maximum Gasteiger partial charge on any atom is 0.186 e. The van der Waals surface area contributed by atoms with Crippen molar-refractivity contribution >= 4 is 16.9 Å². The first-order valence-corrected chi connectivity index (χ1v) is 6.60. The lowest BCUT2D eigenvalue weighted by molar-refractivity contribution is -0.109. The van der Waals surface area contributed by atoms with Crippen molar-refractivity contribution in [1.82, 2.24) is 0 Å². The fourth-order valence-corrected chi connectivity index (χ4v) is 1.96. The van der Waals surface area contributed by atoms with E-state index in [4.69, 9.17) is 4.74 Å². The molecule has 0 bridgehead atoms. The molecule has 3 heteroatoms. The van der Waals surface area contributed by atoms with E-state index in [1.54, 1.807) is 6.92 Å². The third-order valence-corrected chi connectivity index (χ3v) is 3.09. The quantitative estimate of drug-likeness (QED) is 0.826. The van der Waals surface area contributed by atoms with Crippen molar-refractivity contribution in [2.45, 2.75) is 12.7 Å². The lowest BCUT2D eigenvalue weighted by Gasteiger charge is -2.06. The van der Waals surface area contributed by atoms with Crippen LogP contribution >= 0.6 is 11.8 Å². The van der Waals surface area contributed by atoms with Crippen LogP contribution in [-0.2, 0) is 10.5 Å². The van der Waals surface area contributed by atoms with Gasteiger partial charge in [0.1, 0.15) is 11.5 Å². The average molecular weight is 257 g/mol. The largest absolute Gasteiger partial charge is 0.457 e. The normalized spacial score (nSPS) is 10.1. The molecule has 18 heavy (non-hydrogen) atoms. The van der Waals surface area contributed by atoms with E-state index < -0.39 is 0 Å². The number of para-hydroxylation sites is 1. The number of carbonyl (C=O) groups is 1. The molecule has 0 aliphatic rings. The number of hydrogen-bond acceptors (Lipinski definition) is 3. The highest BCUT2D eigenvalue weighted by atomic mass is 32.2. The Bertz CT molecular complexity index is 523. The van der Waals surface area contributed by atoms with Gasteiger partial charge in [-0.2, -0.15) is 0 Å². The monoisotopic (exact) mass is 257 g/mol. The van der Waals surface area contributed by atoms with E-state index in [0.717, 1.165) is 11.3 Å². The van der Waals surface area contributed by atoms with Crippen LogP contribution in [0.3, 0.4) is 0 Å². The van der Waals surface area contributed by atoms with Crippen LogP contribution in [0.4, 0.5) is 0 Å². The second-order valence-corrected chi connectivity index (χ2v) is 4.89. The number of carbonyl (C=O) groups excluding carboxylic acids is 1. The molecule has 2 aromatic carbocycles. The van der Waals surface area contributed by atoms with Crippen LogP contribution in [0.1, 0.15) is 12.5 Å². The second-order valence-electron chi connectivity index (χ2n) is 3.74. The minimum absolute atomic E-state index is 0.109. The van der Waals surface area contributed by atoms with Gasteiger partial charge in [0.25, 0.3) is 0 Å². The summed E-state index contributed by atoms with van der Waals surface area (Å²) in [6, 6.07) is 18.4. The Morgan fingerprint density at radius 3 is 2.67 bits per heavy atom. The SMILES string of the molecule is CC(=O)SCc1[c]c(Oc2ccccc2)ccc1. The fraction of sp³-hybridized carbons (Fsp3) is 0.133. The Hall–Kier alpha value is -1.74. The Morgan fingerprint density at radius 1 is 1.17 bits per heavy atom. The number of ether oxygens (including phenoxy) is 1. The molecule has 1 radical (unpaired) electrons. The van der Waals surface area contributed by atoms with Crippen molar-refractivity contribution in [2.24, 2.45) is 0 Å². The molecular weight excluding hydrogens is 244 g/mol. The molecule has 0 aromatic heterocycles. The highest BCUT2D eigenvalue weighted by molar-refractivity contribution is 8.12. The van der Waals surface area contributed by atoms with E-state index in [1.165, 1.54) is 11.8 Å². The first kappa shape index (κ1) is 12.7. The number of hydrogen-bond donors (Lipinski definition) is 0. The zero-order valence-electron chi connectivity index (χ0n) is 10.1. The van der Waals surface area contributed by atoms with Gasteiger partial charge in [0.15, 0.2) is 5.12 Å². The predicted molar refractivity (Wildman–Crippen MR) is 73.8 cm³/mol. The van der Waals surface area contributed by atoms with Crippen molar-refractivity contribution in [2.75, 3.05) is 0 Å². The van der Waals surface area contributed by atoms with Gasteiger partial charge in [-0.05, 0) is 23.8 Å². The Labute approximate surface area is 111 Å². The van der Waals surface area contributed by atoms with Gasteiger partial charge in [-0.25, -0.2) is 0 Å². The van der Waals surface area contributed by atoms with Gasteiger partial charge in [-0.15, -0.1) is 0 Å². The van der Waals surface area contributed by atoms with E-state index >= 15 is 0 Å². The van der Waals surface area contributed by atoms with E-state index in [9.17, 15) is 4.79 Å². The standard InChI is InChI=1S/C15H13O2S/c1-12(16)18-11-13-6-5-9-15(10-13)17-14-7-3-2-4-8-14/h2-9H,11H2,1H3. The van der Waals surface area contributed by atoms with Crippen molar-refractivity contribution < 1.29 is 9.53 Å². The highest BCUT2D eigenvalue weighted by Gasteiger charge is 2.01. The molecule has 0 aliphatic carbocycles. The summed E-state index contributed by atoms with van der Waals surface area (Å²) in [5.74, 6) is 2.08. The summed E-state index contributed by atoms with van der Waals surface area (Å²) in [6.07, 6.45) is 0. The summed E-state index contributed by atoms with van der Waals surface area (Å²) in [4.78, 5) is 10.9. The summed E-state index contributed by atoms with van der Waals surface area (Å²) in [5.41, 5.74) is 0.962. The van der Waals surface area contributed by atoms with Crippen molar-refractivity contribution in [3.05, 3.63) is 60.2 Å². The summed E-state index contributed by atoms with van der Waals surface area (Å²) in [6.45, 7) is 1.56. The number of rotatable bonds is 4. The summed E-state index contributed by atoms with van der Waals surface area (Å²) >= 11 is 1.27. The molecule has 2 nitrogen and oxygen atoms in total. The van der Waals surface area contributed by atoms with Gasteiger partial charge >= 0.3 is 0 Å². The molecule has 0 amide bonds. The molecule has 2 rings (SSSR count). The lowest BCUT2D eigenvalue weighted by atomic mass is 10.2. The molecule has 2 aromatic rings. The molecule has 0 atom stereocenters. The van der Waals surface area contributed by atoms with E-state index in [1.807, 2.05) is 48.5 Å². The zero-order chi connectivity index (χ0) is 12.8. The average Bonchev–Trinajstić information content (AvgIpc) is 2.38. The molecule has 0 saturated heterocycles. The smallest absolute Gasteiger partial charge is 0.186 e. The molecule has 0 fully saturated rings. The third-order valence-electron chi connectivity index (χ3n) is 2.23. The van der Waals surface area contributed by atoms with E-state index in [2.05, 4.69) is 6.07 Å². The van der Waals surface area contributed by atoms with Crippen LogP contribution < -0.4 is 4.74 Å². The lowest BCUT2D eigenvalue weighted by Crippen LogP contribution is -1.88. The molecule has 0 heterocycles. The van der Waals surface area contributed by atoms with Crippen molar-refractivity contribution in [1.29, 1.82) is 0 Å². The fourth-order valence-electron chi connectivity index (χ4n) is 1.43. The van der Waals surface area contributed by atoms with Crippen LogP contribution in [-0.4, -0.2) is 5.12 Å². The maximum absolute atomic E-state index is 10.9. The predicted octanol–water partition coefficient (Wildman–Crippen LogP) is 4.06. The van der Waals surface area contributed by atoms with Crippen LogP contribution in [0.2, 0.25) is 0 Å². The molecule has 0 unspecified atom stereocenters. The highest BCUT2D eigenvalue weighted by Crippen LogP contribution is 2.23. The van der Waals surface area contributed by atoms with Crippen molar-refractivity contribution in [3.63, 3.8) is 0 Å². The molecule has 0 aliphatic heterocycles. The molecule has 0 N–H and O–H groups in total. The van der Waals surface area contributed by atoms with E-state index in [-0.39, 0.29) is 5.12 Å². The molecule has 0 saturated carbocycles. The molecule has 0 spiro atoms. The Balaban J connectivity index is 2.05. The van der Waals surface area contributed by atoms with Crippen LogP contribution in [0.5, 0.6) is 11.5 Å². The summed E-state index contributed by atoms with van der Waals surface area (Å²) in [7, 11) is 0. The van der Waals surface area contributed by atoms with Crippen molar-refractivity contribution in [3.8, 4) is 11.5 Å².